The van der Waals surface area contributed by atoms with Gasteiger partial charge in [-0.1, -0.05) is 30.3 Å². The van der Waals surface area contributed by atoms with Crippen molar-refractivity contribution in [3.05, 3.63) is 35.9 Å². The lowest BCUT2D eigenvalue weighted by atomic mass is 10.0. The number of piperidine rings is 1. The molecule has 1 amide bonds. The fourth-order valence-corrected chi connectivity index (χ4v) is 2.25. The van der Waals surface area contributed by atoms with Gasteiger partial charge in [0.05, 0.1) is 13.2 Å². The average Bonchev–Trinajstić information content (AvgIpc) is 2.44. The molecule has 0 saturated carbocycles. The van der Waals surface area contributed by atoms with Gasteiger partial charge in [0.2, 0.25) is 0 Å². The lowest BCUT2D eigenvalue weighted by molar-refractivity contribution is -0.208. The molecule has 0 bridgehead atoms. The molecule has 1 fully saturated rings. The van der Waals surface area contributed by atoms with E-state index in [-0.39, 0.29) is 17.9 Å². The summed E-state index contributed by atoms with van der Waals surface area (Å²) in [5, 5.41) is 0. The molecule has 122 valence electrons. The second-order valence-electron chi connectivity index (χ2n) is 5.06. The third-order valence-electron chi connectivity index (χ3n) is 3.36. The van der Waals surface area contributed by atoms with Gasteiger partial charge in [-0.25, -0.2) is 8.78 Å². The van der Waals surface area contributed by atoms with Crippen molar-refractivity contribution in [3.63, 3.8) is 0 Å². The minimum atomic E-state index is -5.15. The summed E-state index contributed by atoms with van der Waals surface area (Å²) in [6.07, 6.45) is -7.00. The van der Waals surface area contributed by atoms with Crippen molar-refractivity contribution < 1.29 is 31.5 Å². The molecule has 0 N–H and O–H groups in total. The second-order valence-corrected chi connectivity index (χ2v) is 5.06. The predicted molar refractivity (Wildman–Crippen MR) is 67.2 cm³/mol. The van der Waals surface area contributed by atoms with E-state index in [0.717, 1.165) is 0 Å². The monoisotopic (exact) mass is 323 g/mol. The number of ether oxygens (including phenoxy) is 1. The molecule has 1 aliphatic rings. The molecule has 1 aromatic rings. The zero-order valence-electron chi connectivity index (χ0n) is 11.4. The number of carbonyl (C=O) groups is 1. The number of rotatable bonds is 3. The van der Waals surface area contributed by atoms with Crippen LogP contribution in [0.15, 0.2) is 30.3 Å². The normalized spacial score (nSPS) is 21.7. The first kappa shape index (κ1) is 16.7. The van der Waals surface area contributed by atoms with Crippen LogP contribution in [0.2, 0.25) is 0 Å². The van der Waals surface area contributed by atoms with Crippen LogP contribution in [0.3, 0.4) is 0 Å². The zero-order chi connectivity index (χ0) is 16.4. The minimum Gasteiger partial charge on any atom is -0.367 e. The maximum atomic E-state index is 13.9. The van der Waals surface area contributed by atoms with E-state index >= 15 is 0 Å². The van der Waals surface area contributed by atoms with Crippen LogP contribution >= 0.6 is 0 Å². The number of alkyl halides is 5. The highest BCUT2D eigenvalue weighted by Gasteiger charge is 2.51. The number of hydrogen-bond donors (Lipinski definition) is 0. The molecule has 0 aromatic heterocycles. The number of carbonyl (C=O) groups excluding carboxylic acids is 1. The van der Waals surface area contributed by atoms with Crippen LogP contribution in [-0.2, 0) is 16.1 Å². The molecule has 1 atom stereocenters. The van der Waals surface area contributed by atoms with Crippen LogP contribution in [-0.4, -0.2) is 42.1 Å². The van der Waals surface area contributed by atoms with Crippen molar-refractivity contribution >= 4 is 5.91 Å². The summed E-state index contributed by atoms with van der Waals surface area (Å²) in [4.78, 5) is 11.1. The minimum absolute atomic E-state index is 0.0612. The second kappa shape index (κ2) is 6.20. The molecule has 1 aromatic carbocycles. The van der Waals surface area contributed by atoms with Gasteiger partial charge < -0.3 is 9.64 Å². The van der Waals surface area contributed by atoms with E-state index in [2.05, 4.69) is 0 Å². The van der Waals surface area contributed by atoms with Crippen LogP contribution in [0, 0.1) is 0 Å². The first-order chi connectivity index (χ1) is 10.2. The van der Waals surface area contributed by atoms with Crippen molar-refractivity contribution in [2.24, 2.45) is 0 Å². The third kappa shape index (κ3) is 3.94. The van der Waals surface area contributed by atoms with Gasteiger partial charge in [-0.3, -0.25) is 4.79 Å². The molecule has 22 heavy (non-hydrogen) atoms. The van der Waals surface area contributed by atoms with Gasteiger partial charge in [0.1, 0.15) is 6.10 Å². The fourth-order valence-electron chi connectivity index (χ4n) is 2.25. The SMILES string of the molecule is O=C(N1CCC(OCc2ccccc2)C(F)(F)C1)C(F)(F)F. The smallest absolute Gasteiger partial charge is 0.367 e. The molecule has 2 rings (SSSR count). The Morgan fingerprint density at radius 1 is 1.27 bits per heavy atom. The summed E-state index contributed by atoms with van der Waals surface area (Å²) < 4.78 is 69.8. The maximum Gasteiger partial charge on any atom is 0.471 e. The van der Waals surface area contributed by atoms with E-state index in [1.54, 1.807) is 30.3 Å². The highest BCUT2D eigenvalue weighted by molar-refractivity contribution is 5.82. The molecule has 0 aliphatic carbocycles. The van der Waals surface area contributed by atoms with E-state index in [1.807, 2.05) is 0 Å². The summed E-state index contributed by atoms with van der Waals surface area (Å²) in [6, 6.07) is 8.60. The van der Waals surface area contributed by atoms with Gasteiger partial charge in [0, 0.05) is 6.54 Å². The average molecular weight is 323 g/mol. The van der Waals surface area contributed by atoms with Crippen molar-refractivity contribution in [2.75, 3.05) is 13.1 Å². The standard InChI is InChI=1S/C14H14F5NO2/c15-13(16)9-20(12(21)14(17,18)19)7-6-11(13)22-8-10-4-2-1-3-5-10/h1-5,11H,6-9H2. The van der Waals surface area contributed by atoms with E-state index in [1.165, 1.54) is 0 Å². The Morgan fingerprint density at radius 3 is 2.45 bits per heavy atom. The van der Waals surface area contributed by atoms with Crippen LogP contribution in [0.5, 0.6) is 0 Å². The van der Waals surface area contributed by atoms with Gasteiger partial charge in [0.25, 0.3) is 5.92 Å². The first-order valence-corrected chi connectivity index (χ1v) is 6.59. The summed E-state index contributed by atoms with van der Waals surface area (Å²) in [7, 11) is 0. The Hall–Kier alpha value is -1.70. The van der Waals surface area contributed by atoms with Crippen LogP contribution in [0.25, 0.3) is 0 Å². The van der Waals surface area contributed by atoms with Gasteiger partial charge >= 0.3 is 12.1 Å². The zero-order valence-corrected chi connectivity index (χ0v) is 11.4. The number of nitrogens with zero attached hydrogens (tertiary/aromatic N) is 1. The maximum absolute atomic E-state index is 13.9. The lowest BCUT2D eigenvalue weighted by Gasteiger charge is -2.38. The molecule has 1 saturated heterocycles. The summed E-state index contributed by atoms with van der Waals surface area (Å²) in [5.74, 6) is -5.76. The molecule has 0 radical (unpaired) electrons. The Morgan fingerprint density at radius 2 is 1.91 bits per heavy atom. The first-order valence-electron chi connectivity index (χ1n) is 6.59. The largest absolute Gasteiger partial charge is 0.471 e. The number of hydrogen-bond acceptors (Lipinski definition) is 2. The van der Waals surface area contributed by atoms with E-state index in [4.69, 9.17) is 4.74 Å². The van der Waals surface area contributed by atoms with Crippen molar-refractivity contribution in [1.29, 1.82) is 0 Å². The van der Waals surface area contributed by atoms with Gasteiger partial charge in [-0.2, -0.15) is 13.2 Å². The van der Waals surface area contributed by atoms with Crippen molar-refractivity contribution in [1.82, 2.24) is 4.90 Å². The van der Waals surface area contributed by atoms with Crippen LogP contribution < -0.4 is 0 Å². The molecule has 1 unspecified atom stereocenters. The molecular weight excluding hydrogens is 309 g/mol. The predicted octanol–water partition coefficient (Wildman–Crippen LogP) is 3.00. The Labute approximate surface area is 123 Å². The van der Waals surface area contributed by atoms with Crippen LogP contribution in [0.4, 0.5) is 22.0 Å². The molecule has 3 nitrogen and oxygen atoms in total. The summed E-state index contributed by atoms with van der Waals surface area (Å²) in [5.41, 5.74) is 0.687. The molecule has 1 heterocycles. The summed E-state index contributed by atoms with van der Waals surface area (Å²) >= 11 is 0. The fraction of sp³-hybridized carbons (Fsp3) is 0.500. The molecule has 1 aliphatic heterocycles. The molecule has 0 spiro atoms. The summed E-state index contributed by atoms with van der Waals surface area (Å²) in [6.45, 7) is -1.76. The Kier molecular flexibility index (Phi) is 4.69. The quantitative estimate of drug-likeness (QED) is 0.801. The van der Waals surface area contributed by atoms with Crippen molar-refractivity contribution in [3.8, 4) is 0 Å². The number of halogens is 5. The van der Waals surface area contributed by atoms with Gasteiger partial charge in [0.15, 0.2) is 0 Å². The van der Waals surface area contributed by atoms with Crippen LogP contribution in [0.1, 0.15) is 12.0 Å². The number of benzene rings is 1. The van der Waals surface area contributed by atoms with E-state index in [9.17, 15) is 26.7 Å². The van der Waals surface area contributed by atoms with E-state index in [0.29, 0.717) is 5.56 Å². The Bertz CT molecular complexity index is 518. The van der Waals surface area contributed by atoms with E-state index < -0.39 is 37.2 Å². The number of amides is 1. The van der Waals surface area contributed by atoms with Gasteiger partial charge in [-0.05, 0) is 12.0 Å². The highest BCUT2D eigenvalue weighted by atomic mass is 19.4. The highest BCUT2D eigenvalue weighted by Crippen LogP contribution is 2.32. The number of likely N-dealkylation sites (tertiary alicyclic amines) is 1. The third-order valence-corrected chi connectivity index (χ3v) is 3.36. The molecule has 8 heteroatoms. The van der Waals surface area contributed by atoms with Crippen molar-refractivity contribution in [2.45, 2.75) is 31.2 Å². The van der Waals surface area contributed by atoms with Gasteiger partial charge in [-0.15, -0.1) is 0 Å². The molecular formula is C14H14F5NO2. The topological polar surface area (TPSA) is 29.5 Å². The lowest BCUT2D eigenvalue weighted by Crippen LogP contribution is -2.56. The Balaban J connectivity index is 1.95.